The van der Waals surface area contributed by atoms with Crippen LogP contribution in [0.1, 0.15) is 54.4 Å². The highest BCUT2D eigenvalue weighted by Crippen LogP contribution is 2.43. The van der Waals surface area contributed by atoms with Crippen LogP contribution in [0.5, 0.6) is 0 Å². The molecule has 25 heavy (non-hydrogen) atoms. The number of benzene rings is 1. The highest BCUT2D eigenvalue weighted by atomic mass is 16.7. The lowest BCUT2D eigenvalue weighted by molar-refractivity contribution is -0.178. The molecule has 0 atom stereocenters. The predicted octanol–water partition coefficient (Wildman–Crippen LogP) is 3.23. The lowest BCUT2D eigenvalue weighted by Gasteiger charge is -2.36. The molecule has 1 saturated carbocycles. The first-order valence-corrected chi connectivity index (χ1v) is 9.06. The number of fused-ring (bicyclic) bond motifs is 1. The minimum absolute atomic E-state index is 0.0255. The fourth-order valence-corrected chi connectivity index (χ4v) is 4.32. The Balaban J connectivity index is 1.76. The predicted molar refractivity (Wildman–Crippen MR) is 95.1 cm³/mol. The largest absolute Gasteiger partial charge is 0.348 e. The van der Waals surface area contributed by atoms with Crippen molar-refractivity contribution in [1.82, 2.24) is 4.57 Å². The summed E-state index contributed by atoms with van der Waals surface area (Å²) >= 11 is 0. The number of rotatable bonds is 3. The van der Waals surface area contributed by atoms with Crippen LogP contribution in [0.15, 0.2) is 29.1 Å². The van der Waals surface area contributed by atoms with E-state index in [0.29, 0.717) is 31.2 Å². The van der Waals surface area contributed by atoms with Crippen LogP contribution in [0.2, 0.25) is 0 Å². The van der Waals surface area contributed by atoms with Crippen LogP contribution >= 0.6 is 0 Å². The molecule has 2 aliphatic rings. The molecule has 132 valence electrons. The standard InChI is InChI=1S/C20H23NO4/c1-2-21-18-4-3-14(13-22)11-17(18)16(12-19(21)23)15-5-7-20(8-6-15)24-9-10-25-20/h3-4,11-13,15H,2,5-10H2,1H3. The monoisotopic (exact) mass is 341 g/mol. The molecule has 0 N–H and O–H groups in total. The number of aryl methyl sites for hydroxylation is 1. The van der Waals surface area contributed by atoms with Crippen molar-refractivity contribution in [2.24, 2.45) is 0 Å². The first kappa shape index (κ1) is 16.5. The molecule has 2 heterocycles. The molecule has 0 radical (unpaired) electrons. The number of hydrogen-bond acceptors (Lipinski definition) is 4. The Hall–Kier alpha value is -1.98. The Morgan fingerprint density at radius 3 is 2.56 bits per heavy atom. The smallest absolute Gasteiger partial charge is 0.251 e. The van der Waals surface area contributed by atoms with Crippen LogP contribution in [0, 0.1) is 0 Å². The Morgan fingerprint density at radius 2 is 1.92 bits per heavy atom. The van der Waals surface area contributed by atoms with Crippen molar-refractivity contribution in [2.75, 3.05) is 13.2 Å². The zero-order valence-corrected chi connectivity index (χ0v) is 14.5. The molecule has 5 nitrogen and oxygen atoms in total. The zero-order chi connectivity index (χ0) is 17.4. The van der Waals surface area contributed by atoms with Crippen molar-refractivity contribution >= 4 is 17.2 Å². The number of aromatic nitrogens is 1. The van der Waals surface area contributed by atoms with Gasteiger partial charge in [-0.05, 0) is 49.4 Å². The molecule has 2 fully saturated rings. The summed E-state index contributed by atoms with van der Waals surface area (Å²) in [7, 11) is 0. The van der Waals surface area contributed by atoms with Gasteiger partial charge in [0.15, 0.2) is 5.79 Å². The Bertz CT molecular complexity index is 854. The van der Waals surface area contributed by atoms with Crippen LogP contribution in [0.25, 0.3) is 10.9 Å². The summed E-state index contributed by atoms with van der Waals surface area (Å²) in [5.41, 5.74) is 2.63. The summed E-state index contributed by atoms with van der Waals surface area (Å²) in [5.74, 6) is -0.111. The molecular weight excluding hydrogens is 318 g/mol. The van der Waals surface area contributed by atoms with E-state index in [2.05, 4.69) is 0 Å². The second-order valence-corrected chi connectivity index (χ2v) is 6.96. The normalized spacial score (nSPS) is 20.4. The van der Waals surface area contributed by atoms with Crippen LogP contribution in [0.3, 0.4) is 0 Å². The number of nitrogens with zero attached hydrogens (tertiary/aromatic N) is 1. The maximum atomic E-state index is 12.6. The molecule has 0 bridgehead atoms. The van der Waals surface area contributed by atoms with E-state index in [9.17, 15) is 9.59 Å². The van der Waals surface area contributed by atoms with Crippen molar-refractivity contribution in [2.45, 2.75) is 50.9 Å². The van der Waals surface area contributed by atoms with Gasteiger partial charge in [-0.1, -0.05) is 0 Å². The maximum Gasteiger partial charge on any atom is 0.251 e. The molecule has 1 aromatic heterocycles. The van der Waals surface area contributed by atoms with Gasteiger partial charge in [-0.2, -0.15) is 0 Å². The number of pyridine rings is 1. The highest BCUT2D eigenvalue weighted by Gasteiger charge is 2.40. The minimum atomic E-state index is -0.404. The van der Waals surface area contributed by atoms with E-state index < -0.39 is 5.79 Å². The Morgan fingerprint density at radius 1 is 1.20 bits per heavy atom. The van der Waals surface area contributed by atoms with E-state index in [1.807, 2.05) is 19.1 Å². The average Bonchev–Trinajstić information content (AvgIpc) is 3.09. The lowest BCUT2D eigenvalue weighted by Crippen LogP contribution is -2.35. The van der Waals surface area contributed by atoms with Gasteiger partial charge in [-0.15, -0.1) is 0 Å². The van der Waals surface area contributed by atoms with Gasteiger partial charge < -0.3 is 14.0 Å². The van der Waals surface area contributed by atoms with Crippen LogP contribution in [0.4, 0.5) is 0 Å². The second-order valence-electron chi connectivity index (χ2n) is 6.96. The van der Waals surface area contributed by atoms with E-state index in [-0.39, 0.29) is 5.56 Å². The van der Waals surface area contributed by atoms with Crippen molar-refractivity contribution in [3.8, 4) is 0 Å². The highest BCUT2D eigenvalue weighted by molar-refractivity contribution is 5.89. The molecule has 2 aromatic rings. The van der Waals surface area contributed by atoms with E-state index in [0.717, 1.165) is 48.4 Å². The summed E-state index contributed by atoms with van der Waals surface area (Å²) in [5, 5.41) is 1.01. The van der Waals surface area contributed by atoms with Gasteiger partial charge >= 0.3 is 0 Å². The summed E-state index contributed by atoms with van der Waals surface area (Å²) in [6.45, 7) is 3.92. The van der Waals surface area contributed by atoms with Crippen molar-refractivity contribution < 1.29 is 14.3 Å². The summed E-state index contributed by atoms with van der Waals surface area (Å²) in [6, 6.07) is 7.34. The van der Waals surface area contributed by atoms with Crippen LogP contribution in [-0.2, 0) is 16.0 Å². The third-order valence-corrected chi connectivity index (χ3v) is 5.62. The maximum absolute atomic E-state index is 12.6. The third-order valence-electron chi connectivity index (χ3n) is 5.62. The molecule has 1 spiro atoms. The quantitative estimate of drug-likeness (QED) is 0.804. The summed E-state index contributed by atoms with van der Waals surface area (Å²) in [6.07, 6.45) is 4.42. The van der Waals surface area contributed by atoms with Crippen LogP contribution < -0.4 is 5.56 Å². The number of carbonyl (C=O) groups excluding carboxylic acids is 1. The number of aldehydes is 1. The SMILES string of the molecule is CCn1c(=O)cc(C2CCC3(CC2)OCCO3)c2cc(C=O)ccc21. The molecule has 0 unspecified atom stereocenters. The Labute approximate surface area is 146 Å². The van der Waals surface area contributed by atoms with Crippen molar-refractivity contribution in [1.29, 1.82) is 0 Å². The van der Waals surface area contributed by atoms with Crippen molar-refractivity contribution in [3.05, 3.63) is 45.7 Å². The fourth-order valence-electron chi connectivity index (χ4n) is 4.32. The fraction of sp³-hybridized carbons (Fsp3) is 0.500. The number of hydrogen-bond donors (Lipinski definition) is 0. The van der Waals surface area contributed by atoms with Gasteiger partial charge in [-0.25, -0.2) is 0 Å². The molecule has 1 aromatic carbocycles. The number of ether oxygens (including phenoxy) is 2. The molecule has 5 heteroatoms. The van der Waals surface area contributed by atoms with Gasteiger partial charge in [0.2, 0.25) is 0 Å². The molecule has 1 aliphatic carbocycles. The topological polar surface area (TPSA) is 57.5 Å². The molecular formula is C20H23NO4. The van der Waals surface area contributed by atoms with E-state index >= 15 is 0 Å². The van der Waals surface area contributed by atoms with E-state index in [4.69, 9.17) is 9.47 Å². The molecule has 4 rings (SSSR count). The van der Waals surface area contributed by atoms with Crippen molar-refractivity contribution in [3.63, 3.8) is 0 Å². The molecule has 0 amide bonds. The lowest BCUT2D eigenvalue weighted by atomic mass is 9.80. The third kappa shape index (κ3) is 2.81. The minimum Gasteiger partial charge on any atom is -0.348 e. The van der Waals surface area contributed by atoms with E-state index in [1.165, 1.54) is 0 Å². The Kier molecular flexibility index (Phi) is 4.21. The second kappa shape index (κ2) is 6.39. The van der Waals surface area contributed by atoms with Crippen LogP contribution in [-0.4, -0.2) is 29.9 Å². The van der Waals surface area contributed by atoms with E-state index in [1.54, 1.807) is 16.7 Å². The van der Waals surface area contributed by atoms with Gasteiger partial charge in [0.25, 0.3) is 5.56 Å². The summed E-state index contributed by atoms with van der Waals surface area (Å²) < 4.78 is 13.4. The first-order valence-electron chi connectivity index (χ1n) is 9.06. The molecule has 1 saturated heterocycles. The molecule has 1 aliphatic heterocycles. The summed E-state index contributed by atoms with van der Waals surface area (Å²) in [4.78, 5) is 23.8. The average molecular weight is 341 g/mol. The first-order chi connectivity index (χ1) is 12.2. The van der Waals surface area contributed by atoms with Gasteiger partial charge in [0, 0.05) is 36.4 Å². The number of carbonyl (C=O) groups is 1. The van der Waals surface area contributed by atoms with Gasteiger partial charge in [0.05, 0.1) is 18.7 Å². The van der Waals surface area contributed by atoms with Gasteiger partial charge in [0.1, 0.15) is 6.29 Å². The zero-order valence-electron chi connectivity index (χ0n) is 14.5. The van der Waals surface area contributed by atoms with Gasteiger partial charge in [-0.3, -0.25) is 9.59 Å².